The predicted molar refractivity (Wildman–Crippen MR) is 124 cm³/mol. The number of carbonyl (C=O) groups excluding carboxylic acids is 4. The number of carboxylic acid groups (broad SMARTS) is 1. The second-order valence-corrected chi connectivity index (χ2v) is 8.32. The Morgan fingerprint density at radius 1 is 0.914 bits per heavy atom. The highest BCUT2D eigenvalue weighted by molar-refractivity contribution is 6.13. The lowest BCUT2D eigenvalue weighted by Crippen LogP contribution is -2.44. The van der Waals surface area contributed by atoms with E-state index in [2.05, 4.69) is 5.32 Å². The van der Waals surface area contributed by atoms with E-state index in [1.54, 1.807) is 0 Å². The molecule has 180 valence electrons. The highest BCUT2D eigenvalue weighted by Crippen LogP contribution is 2.44. The molecule has 2 aromatic carbocycles. The van der Waals surface area contributed by atoms with Crippen molar-refractivity contribution in [1.82, 2.24) is 10.2 Å². The summed E-state index contributed by atoms with van der Waals surface area (Å²) in [5.41, 5.74) is 4.20. The van der Waals surface area contributed by atoms with Crippen LogP contribution >= 0.6 is 0 Å². The molecule has 1 heterocycles. The van der Waals surface area contributed by atoms with Gasteiger partial charge in [-0.05, 0) is 28.7 Å². The summed E-state index contributed by atoms with van der Waals surface area (Å²) in [6, 6.07) is 14.5. The van der Waals surface area contributed by atoms with Gasteiger partial charge in [-0.15, -0.1) is 0 Å². The lowest BCUT2D eigenvalue weighted by atomic mass is 9.98. The molecule has 9 heteroatoms. The van der Waals surface area contributed by atoms with Crippen LogP contribution in [0.3, 0.4) is 0 Å². The number of imide groups is 1. The number of aliphatic carboxylic acids is 1. The Morgan fingerprint density at radius 2 is 1.49 bits per heavy atom. The molecule has 0 spiro atoms. The van der Waals surface area contributed by atoms with E-state index >= 15 is 0 Å². The first kappa shape index (κ1) is 23.9. The molecule has 35 heavy (non-hydrogen) atoms. The third-order valence-corrected chi connectivity index (χ3v) is 6.08. The van der Waals surface area contributed by atoms with Crippen molar-refractivity contribution < 1.29 is 33.8 Å². The first-order valence-electron chi connectivity index (χ1n) is 11.2. The number of nitrogens with zero attached hydrogens (tertiary/aromatic N) is 1. The highest BCUT2D eigenvalue weighted by Gasteiger charge is 2.31. The zero-order chi connectivity index (χ0) is 24.9. The summed E-state index contributed by atoms with van der Waals surface area (Å²) in [6.45, 7) is -0.110. The fraction of sp³-hybridized carbons (Fsp3) is 0.269. The quantitative estimate of drug-likeness (QED) is 0.396. The molecule has 0 saturated heterocycles. The molecular weight excluding hydrogens is 452 g/mol. The molecule has 1 aliphatic heterocycles. The van der Waals surface area contributed by atoms with Crippen molar-refractivity contribution in [3.63, 3.8) is 0 Å². The maximum atomic E-state index is 12.9. The van der Waals surface area contributed by atoms with Gasteiger partial charge in [-0.1, -0.05) is 48.5 Å². The minimum absolute atomic E-state index is 0.0365. The maximum Gasteiger partial charge on any atom is 0.328 e. The molecule has 9 nitrogen and oxygen atoms in total. The molecule has 0 aromatic heterocycles. The van der Waals surface area contributed by atoms with Gasteiger partial charge in [0.2, 0.25) is 5.91 Å². The van der Waals surface area contributed by atoms with Gasteiger partial charge in [0.1, 0.15) is 12.6 Å². The van der Waals surface area contributed by atoms with E-state index in [1.165, 1.54) is 0 Å². The van der Waals surface area contributed by atoms with Crippen LogP contribution in [-0.4, -0.2) is 58.9 Å². The average Bonchev–Trinajstić information content (AvgIpc) is 3.34. The molecular formula is C26H24N2O7. The van der Waals surface area contributed by atoms with Gasteiger partial charge < -0.3 is 15.2 Å². The van der Waals surface area contributed by atoms with E-state index in [-0.39, 0.29) is 38.3 Å². The fourth-order valence-electron chi connectivity index (χ4n) is 4.35. The van der Waals surface area contributed by atoms with E-state index in [1.807, 2.05) is 48.5 Å². The normalized spacial score (nSPS) is 15.0. The number of benzene rings is 2. The predicted octanol–water partition coefficient (Wildman–Crippen LogP) is 2.01. The Bertz CT molecular complexity index is 1160. The van der Waals surface area contributed by atoms with E-state index in [9.17, 15) is 24.0 Å². The summed E-state index contributed by atoms with van der Waals surface area (Å²) in [6.07, 6.45) is 1.52. The van der Waals surface area contributed by atoms with Crippen molar-refractivity contribution in [3.8, 4) is 11.1 Å². The zero-order valence-electron chi connectivity index (χ0n) is 18.8. The SMILES string of the molecule is O=C(O)CCC(NC(=O)CCN1C(=O)C=CC1=O)C(=O)OCC1c2ccccc2-c2ccccc21. The van der Waals surface area contributed by atoms with Crippen LogP contribution in [0.5, 0.6) is 0 Å². The van der Waals surface area contributed by atoms with Crippen molar-refractivity contribution in [2.75, 3.05) is 13.2 Å². The number of ether oxygens (including phenoxy) is 1. The Kier molecular flexibility index (Phi) is 7.05. The maximum absolute atomic E-state index is 12.9. The van der Waals surface area contributed by atoms with Crippen LogP contribution in [0.15, 0.2) is 60.7 Å². The smallest absolute Gasteiger partial charge is 0.328 e. The first-order chi connectivity index (χ1) is 16.8. The largest absolute Gasteiger partial charge is 0.481 e. The summed E-state index contributed by atoms with van der Waals surface area (Å²) < 4.78 is 5.57. The summed E-state index contributed by atoms with van der Waals surface area (Å²) in [7, 11) is 0. The van der Waals surface area contributed by atoms with Gasteiger partial charge in [0.25, 0.3) is 11.8 Å². The summed E-state index contributed by atoms with van der Waals surface area (Å²) >= 11 is 0. The third kappa shape index (κ3) is 5.29. The molecule has 0 saturated carbocycles. The van der Waals surface area contributed by atoms with E-state index in [0.29, 0.717) is 0 Å². The fourth-order valence-corrected chi connectivity index (χ4v) is 4.35. The van der Waals surface area contributed by atoms with Crippen molar-refractivity contribution in [3.05, 3.63) is 71.8 Å². The van der Waals surface area contributed by atoms with Crippen LogP contribution in [0.25, 0.3) is 11.1 Å². The molecule has 1 unspecified atom stereocenters. The lowest BCUT2D eigenvalue weighted by molar-refractivity contribution is -0.149. The molecule has 0 fully saturated rings. The molecule has 4 rings (SSSR count). The van der Waals surface area contributed by atoms with Gasteiger partial charge in [0.15, 0.2) is 0 Å². The van der Waals surface area contributed by atoms with Crippen molar-refractivity contribution >= 4 is 29.7 Å². The number of esters is 1. The molecule has 2 aromatic rings. The Balaban J connectivity index is 1.40. The number of hydrogen-bond acceptors (Lipinski definition) is 6. The number of rotatable bonds is 10. The molecule has 2 N–H and O–H groups in total. The van der Waals surface area contributed by atoms with Crippen molar-refractivity contribution in [2.24, 2.45) is 0 Å². The number of amides is 3. The molecule has 1 aliphatic carbocycles. The Labute approximate surface area is 201 Å². The van der Waals surface area contributed by atoms with Crippen LogP contribution in [0.4, 0.5) is 0 Å². The summed E-state index contributed by atoms with van der Waals surface area (Å²) in [4.78, 5) is 60.6. The van der Waals surface area contributed by atoms with Crippen molar-refractivity contribution in [1.29, 1.82) is 0 Å². The van der Waals surface area contributed by atoms with Crippen LogP contribution in [0.1, 0.15) is 36.3 Å². The molecule has 2 aliphatic rings. The number of carbonyl (C=O) groups is 5. The van der Waals surface area contributed by atoms with Crippen LogP contribution < -0.4 is 5.32 Å². The van der Waals surface area contributed by atoms with E-state index in [0.717, 1.165) is 39.3 Å². The molecule has 3 amide bonds. The molecule has 0 radical (unpaired) electrons. The molecule has 0 bridgehead atoms. The Morgan fingerprint density at radius 3 is 2.06 bits per heavy atom. The van der Waals surface area contributed by atoms with Gasteiger partial charge in [-0.25, -0.2) is 4.79 Å². The third-order valence-electron chi connectivity index (χ3n) is 6.08. The van der Waals surface area contributed by atoms with Gasteiger partial charge >= 0.3 is 11.9 Å². The van der Waals surface area contributed by atoms with Gasteiger partial charge in [0, 0.05) is 37.5 Å². The lowest BCUT2D eigenvalue weighted by Gasteiger charge is -2.20. The number of hydrogen-bond donors (Lipinski definition) is 2. The first-order valence-corrected chi connectivity index (χ1v) is 11.2. The number of carboxylic acids is 1. The van der Waals surface area contributed by atoms with Crippen LogP contribution in [0, 0.1) is 0 Å². The topological polar surface area (TPSA) is 130 Å². The minimum atomic E-state index is -1.17. The van der Waals surface area contributed by atoms with Gasteiger partial charge in [-0.3, -0.25) is 24.1 Å². The number of nitrogens with one attached hydrogen (secondary N) is 1. The zero-order valence-corrected chi connectivity index (χ0v) is 18.8. The minimum Gasteiger partial charge on any atom is -0.481 e. The summed E-state index contributed by atoms with van der Waals surface area (Å²) in [5.74, 6) is -3.65. The second kappa shape index (κ2) is 10.3. The van der Waals surface area contributed by atoms with Crippen LogP contribution in [0.2, 0.25) is 0 Å². The average molecular weight is 476 g/mol. The second-order valence-electron chi connectivity index (χ2n) is 8.32. The number of fused-ring (bicyclic) bond motifs is 3. The van der Waals surface area contributed by atoms with Crippen LogP contribution in [-0.2, 0) is 28.7 Å². The molecule has 1 atom stereocenters. The van der Waals surface area contributed by atoms with E-state index in [4.69, 9.17) is 9.84 Å². The summed E-state index contributed by atoms with van der Waals surface area (Å²) in [5, 5.41) is 11.5. The van der Waals surface area contributed by atoms with Crippen molar-refractivity contribution in [2.45, 2.75) is 31.2 Å². The van der Waals surface area contributed by atoms with Gasteiger partial charge in [0.05, 0.1) is 0 Å². The monoisotopic (exact) mass is 476 g/mol. The van der Waals surface area contributed by atoms with E-state index < -0.39 is 35.7 Å². The Hall–Kier alpha value is -4.27. The standard InChI is InChI=1S/C26H24N2O7/c29-22(13-14-28-23(30)10-11-24(28)31)27-21(9-12-25(32)33)26(34)35-15-20-18-7-3-1-5-16(18)17-6-2-4-8-19(17)20/h1-8,10-11,20-21H,9,12-15H2,(H,27,29)(H,32,33). The van der Waals surface area contributed by atoms with Gasteiger partial charge in [-0.2, -0.15) is 0 Å². The highest BCUT2D eigenvalue weighted by atomic mass is 16.5.